The summed E-state index contributed by atoms with van der Waals surface area (Å²) in [5.74, 6) is 0.933. The van der Waals surface area contributed by atoms with E-state index in [9.17, 15) is 8.42 Å². The molecule has 0 aliphatic carbocycles. The lowest BCUT2D eigenvalue weighted by Crippen LogP contribution is -2.47. The number of hydrogen-bond acceptors (Lipinski definition) is 5. The van der Waals surface area contributed by atoms with Gasteiger partial charge in [0, 0.05) is 37.6 Å². The number of nitrogens with one attached hydrogen (secondary N) is 2. The minimum absolute atomic E-state index is 0.0593. The predicted molar refractivity (Wildman–Crippen MR) is 102 cm³/mol. The third-order valence-electron chi connectivity index (χ3n) is 4.79. The van der Waals surface area contributed by atoms with Gasteiger partial charge in [-0.25, -0.2) is 14.2 Å². The molecule has 8 nitrogen and oxygen atoms in total. The van der Waals surface area contributed by atoms with Crippen molar-refractivity contribution in [2.75, 3.05) is 25.0 Å². The largest absolute Gasteiger partial charge is 0.356 e. The maximum Gasteiger partial charge on any atom is 0.276 e. The van der Waals surface area contributed by atoms with Gasteiger partial charge in [-0.3, -0.25) is 0 Å². The summed E-state index contributed by atoms with van der Waals surface area (Å²) >= 11 is 0. The standard InChI is InChI=1S/C17H22N6O2S/c1-12-11-16-19-17(14-5-3-4-6-15(14)23(16)20-12)22-9-7-13(8-10-22)21-26(24,25)18-2/h3-6,11,13,18,21H,7-10H2,1-2H3. The van der Waals surface area contributed by atoms with Crippen LogP contribution < -0.4 is 14.3 Å². The van der Waals surface area contributed by atoms with E-state index in [0.29, 0.717) is 0 Å². The summed E-state index contributed by atoms with van der Waals surface area (Å²) in [5, 5.41) is 5.59. The normalized spacial score (nSPS) is 16.6. The second kappa shape index (κ2) is 6.49. The first-order chi connectivity index (χ1) is 12.5. The Labute approximate surface area is 152 Å². The first-order valence-corrected chi connectivity index (χ1v) is 10.2. The smallest absolute Gasteiger partial charge is 0.276 e. The molecule has 138 valence electrons. The summed E-state index contributed by atoms with van der Waals surface area (Å²) in [5.41, 5.74) is 2.79. The third-order valence-corrected chi connectivity index (χ3v) is 5.97. The SMILES string of the molecule is CNS(=O)(=O)NC1CCN(c2nc3cc(C)nn3c3ccccc23)CC1. The first kappa shape index (κ1) is 17.2. The van der Waals surface area contributed by atoms with E-state index >= 15 is 0 Å². The molecule has 0 atom stereocenters. The molecule has 3 aromatic rings. The number of piperidine rings is 1. The maximum absolute atomic E-state index is 11.7. The molecule has 0 saturated carbocycles. The van der Waals surface area contributed by atoms with Gasteiger partial charge < -0.3 is 4.90 Å². The average Bonchev–Trinajstić information content (AvgIpc) is 3.02. The Morgan fingerprint density at radius 2 is 1.92 bits per heavy atom. The fraction of sp³-hybridized carbons (Fsp3) is 0.412. The van der Waals surface area contributed by atoms with Crippen LogP contribution in [0.15, 0.2) is 30.3 Å². The zero-order valence-electron chi connectivity index (χ0n) is 14.8. The van der Waals surface area contributed by atoms with Gasteiger partial charge in [0.25, 0.3) is 10.2 Å². The second-order valence-corrected chi connectivity index (χ2v) is 8.25. The van der Waals surface area contributed by atoms with E-state index in [-0.39, 0.29) is 6.04 Å². The molecule has 0 spiro atoms. The number of benzene rings is 1. The summed E-state index contributed by atoms with van der Waals surface area (Å²) < 4.78 is 30.2. The van der Waals surface area contributed by atoms with Crippen LogP contribution in [-0.4, -0.2) is 49.2 Å². The van der Waals surface area contributed by atoms with E-state index in [2.05, 4.69) is 25.5 Å². The van der Waals surface area contributed by atoms with Crippen LogP contribution in [0.5, 0.6) is 0 Å². The fourth-order valence-electron chi connectivity index (χ4n) is 3.49. The molecule has 0 radical (unpaired) electrons. The summed E-state index contributed by atoms with van der Waals surface area (Å²) in [4.78, 5) is 7.07. The van der Waals surface area contributed by atoms with Crippen LogP contribution in [0.3, 0.4) is 0 Å². The number of rotatable bonds is 4. The topological polar surface area (TPSA) is 91.6 Å². The van der Waals surface area contributed by atoms with Crippen LogP contribution in [0.25, 0.3) is 16.6 Å². The fourth-order valence-corrected chi connectivity index (χ4v) is 4.28. The summed E-state index contributed by atoms with van der Waals surface area (Å²) in [6.07, 6.45) is 1.47. The van der Waals surface area contributed by atoms with E-state index in [0.717, 1.165) is 54.0 Å². The van der Waals surface area contributed by atoms with Crippen LogP contribution in [-0.2, 0) is 10.2 Å². The van der Waals surface area contributed by atoms with E-state index in [1.165, 1.54) is 7.05 Å². The first-order valence-electron chi connectivity index (χ1n) is 8.68. The van der Waals surface area contributed by atoms with Crippen molar-refractivity contribution in [3.63, 3.8) is 0 Å². The number of hydrogen-bond donors (Lipinski definition) is 2. The molecule has 1 aliphatic rings. The Kier molecular flexibility index (Phi) is 4.29. The Balaban J connectivity index is 1.65. The molecule has 0 unspecified atom stereocenters. The zero-order valence-corrected chi connectivity index (χ0v) is 15.6. The lowest BCUT2D eigenvalue weighted by Gasteiger charge is -2.33. The molecule has 0 bridgehead atoms. The van der Waals surface area contributed by atoms with Gasteiger partial charge in [0.1, 0.15) is 5.82 Å². The van der Waals surface area contributed by atoms with Crippen molar-refractivity contribution in [1.82, 2.24) is 24.0 Å². The molecule has 1 fully saturated rings. The number of para-hydroxylation sites is 1. The van der Waals surface area contributed by atoms with Crippen LogP contribution in [0.2, 0.25) is 0 Å². The lowest BCUT2D eigenvalue weighted by atomic mass is 10.1. The molecular formula is C17H22N6O2S. The lowest BCUT2D eigenvalue weighted by molar-refractivity contribution is 0.456. The monoisotopic (exact) mass is 374 g/mol. The average molecular weight is 374 g/mol. The van der Waals surface area contributed by atoms with Gasteiger partial charge in [-0.1, -0.05) is 12.1 Å². The van der Waals surface area contributed by atoms with E-state index in [1.54, 1.807) is 0 Å². The number of anilines is 1. The van der Waals surface area contributed by atoms with Gasteiger partial charge in [-0.15, -0.1) is 0 Å². The Hall–Kier alpha value is -2.23. The summed E-state index contributed by atoms with van der Waals surface area (Å²) in [6, 6.07) is 10.0. The summed E-state index contributed by atoms with van der Waals surface area (Å²) in [6.45, 7) is 3.46. The highest BCUT2D eigenvalue weighted by Gasteiger charge is 2.25. The van der Waals surface area contributed by atoms with Crippen molar-refractivity contribution in [1.29, 1.82) is 0 Å². The maximum atomic E-state index is 11.7. The van der Waals surface area contributed by atoms with Crippen molar-refractivity contribution in [3.05, 3.63) is 36.0 Å². The van der Waals surface area contributed by atoms with Crippen LogP contribution >= 0.6 is 0 Å². The van der Waals surface area contributed by atoms with Gasteiger partial charge in [0.15, 0.2) is 5.65 Å². The molecule has 4 rings (SSSR count). The highest BCUT2D eigenvalue weighted by atomic mass is 32.2. The molecule has 1 saturated heterocycles. The minimum Gasteiger partial charge on any atom is -0.356 e. The van der Waals surface area contributed by atoms with Crippen molar-refractivity contribution >= 4 is 32.6 Å². The van der Waals surface area contributed by atoms with Gasteiger partial charge in [0.05, 0.1) is 11.2 Å². The molecule has 9 heteroatoms. The molecule has 26 heavy (non-hydrogen) atoms. The van der Waals surface area contributed by atoms with Crippen molar-refractivity contribution in [3.8, 4) is 0 Å². The van der Waals surface area contributed by atoms with Crippen LogP contribution in [0.4, 0.5) is 5.82 Å². The number of aromatic nitrogens is 3. The van der Waals surface area contributed by atoms with Gasteiger partial charge in [0.2, 0.25) is 0 Å². The highest BCUT2D eigenvalue weighted by Crippen LogP contribution is 2.28. The molecule has 2 aromatic heterocycles. The van der Waals surface area contributed by atoms with Crippen molar-refractivity contribution in [2.24, 2.45) is 0 Å². The van der Waals surface area contributed by atoms with Crippen LogP contribution in [0, 0.1) is 6.92 Å². The number of aryl methyl sites for hydroxylation is 1. The zero-order chi connectivity index (χ0) is 18.3. The van der Waals surface area contributed by atoms with Gasteiger partial charge in [-0.05, 0) is 31.9 Å². The molecular weight excluding hydrogens is 352 g/mol. The molecule has 1 aliphatic heterocycles. The quantitative estimate of drug-likeness (QED) is 0.716. The van der Waals surface area contributed by atoms with Crippen molar-refractivity contribution < 1.29 is 8.42 Å². The molecule has 1 aromatic carbocycles. The minimum atomic E-state index is -3.41. The van der Waals surface area contributed by atoms with Crippen LogP contribution in [0.1, 0.15) is 18.5 Å². The van der Waals surface area contributed by atoms with Crippen molar-refractivity contribution in [2.45, 2.75) is 25.8 Å². The Morgan fingerprint density at radius 1 is 1.19 bits per heavy atom. The molecule has 0 amide bonds. The van der Waals surface area contributed by atoms with Gasteiger partial charge >= 0.3 is 0 Å². The predicted octanol–water partition coefficient (Wildman–Crippen LogP) is 1.21. The number of fused-ring (bicyclic) bond motifs is 3. The molecule has 2 N–H and O–H groups in total. The Morgan fingerprint density at radius 3 is 2.65 bits per heavy atom. The highest BCUT2D eigenvalue weighted by molar-refractivity contribution is 7.87. The van der Waals surface area contributed by atoms with E-state index in [4.69, 9.17) is 4.98 Å². The third kappa shape index (κ3) is 3.13. The summed E-state index contributed by atoms with van der Waals surface area (Å²) in [7, 11) is -1.99. The molecule has 3 heterocycles. The second-order valence-electron chi connectivity index (χ2n) is 6.60. The van der Waals surface area contributed by atoms with Gasteiger partial charge in [-0.2, -0.15) is 18.2 Å². The van der Waals surface area contributed by atoms with E-state index < -0.39 is 10.2 Å². The number of nitrogens with zero attached hydrogens (tertiary/aromatic N) is 4. The Bertz CT molecular complexity index is 1050. The van der Waals surface area contributed by atoms with E-state index in [1.807, 2.05) is 35.7 Å².